The van der Waals surface area contributed by atoms with Gasteiger partial charge in [0.25, 0.3) is 0 Å². The van der Waals surface area contributed by atoms with Crippen molar-refractivity contribution >= 4 is 0 Å². The lowest BCUT2D eigenvalue weighted by atomic mass is 9.91. The zero-order chi connectivity index (χ0) is 11.4. The third-order valence-electron chi connectivity index (χ3n) is 3.53. The van der Waals surface area contributed by atoms with E-state index in [9.17, 15) is 0 Å². The lowest BCUT2D eigenvalue weighted by Gasteiger charge is -2.35. The summed E-state index contributed by atoms with van der Waals surface area (Å²) in [6.45, 7) is 7.13. The molecular weight excluding hydrogens is 196 g/mol. The summed E-state index contributed by atoms with van der Waals surface area (Å²) in [6.07, 6.45) is 7.78. The first kappa shape index (κ1) is 11.6. The van der Waals surface area contributed by atoms with Crippen molar-refractivity contribution in [1.82, 2.24) is 9.88 Å². The minimum atomic E-state index is 0.691. The maximum atomic E-state index is 4.19. The number of pyridine rings is 1. The highest BCUT2D eigenvalue weighted by Crippen LogP contribution is 2.21. The summed E-state index contributed by atoms with van der Waals surface area (Å²) in [4.78, 5) is 6.79. The van der Waals surface area contributed by atoms with Crippen LogP contribution in [0.1, 0.15) is 32.3 Å². The van der Waals surface area contributed by atoms with E-state index in [0.29, 0.717) is 6.04 Å². The zero-order valence-corrected chi connectivity index (χ0v) is 10.4. The topological polar surface area (TPSA) is 16.1 Å². The molecule has 0 N–H and O–H groups in total. The van der Waals surface area contributed by atoms with Crippen LogP contribution in [0.15, 0.2) is 24.5 Å². The molecule has 1 atom stereocenters. The van der Waals surface area contributed by atoms with Gasteiger partial charge in [-0.05, 0) is 57.2 Å². The summed E-state index contributed by atoms with van der Waals surface area (Å²) >= 11 is 0. The molecule has 0 saturated carbocycles. The fraction of sp³-hybridized carbons (Fsp3) is 0.643. The van der Waals surface area contributed by atoms with Crippen molar-refractivity contribution in [2.45, 2.75) is 39.2 Å². The molecule has 16 heavy (non-hydrogen) atoms. The fourth-order valence-electron chi connectivity index (χ4n) is 2.59. The van der Waals surface area contributed by atoms with Crippen LogP contribution < -0.4 is 0 Å². The molecule has 2 heteroatoms. The van der Waals surface area contributed by atoms with E-state index in [1.165, 1.54) is 37.9 Å². The van der Waals surface area contributed by atoms with Crippen molar-refractivity contribution in [2.75, 3.05) is 13.1 Å². The van der Waals surface area contributed by atoms with E-state index in [2.05, 4.69) is 29.8 Å². The number of hydrogen-bond donors (Lipinski definition) is 0. The summed E-state index contributed by atoms with van der Waals surface area (Å²) in [5, 5.41) is 0. The van der Waals surface area contributed by atoms with E-state index >= 15 is 0 Å². The molecule has 1 aromatic heterocycles. The van der Waals surface area contributed by atoms with Crippen LogP contribution >= 0.6 is 0 Å². The van der Waals surface area contributed by atoms with E-state index in [0.717, 1.165) is 5.92 Å². The van der Waals surface area contributed by atoms with Crippen LogP contribution in [-0.2, 0) is 6.42 Å². The largest absolute Gasteiger partial charge is 0.301 e. The summed E-state index contributed by atoms with van der Waals surface area (Å²) in [5.74, 6) is 0.820. The van der Waals surface area contributed by atoms with Crippen molar-refractivity contribution in [3.8, 4) is 0 Å². The monoisotopic (exact) mass is 218 g/mol. The molecule has 2 nitrogen and oxygen atoms in total. The van der Waals surface area contributed by atoms with E-state index in [1.807, 2.05) is 18.5 Å². The Morgan fingerprint density at radius 2 is 2.38 bits per heavy atom. The lowest BCUT2D eigenvalue weighted by Crippen LogP contribution is -2.40. The van der Waals surface area contributed by atoms with Crippen LogP contribution in [0.2, 0.25) is 0 Å². The molecule has 1 aliphatic heterocycles. The van der Waals surface area contributed by atoms with Crippen molar-refractivity contribution in [3.05, 3.63) is 30.1 Å². The van der Waals surface area contributed by atoms with Gasteiger partial charge in [0.1, 0.15) is 0 Å². The molecule has 0 amide bonds. The van der Waals surface area contributed by atoms with Gasteiger partial charge >= 0.3 is 0 Å². The quantitative estimate of drug-likeness (QED) is 0.775. The number of aromatic nitrogens is 1. The van der Waals surface area contributed by atoms with Gasteiger partial charge in [0, 0.05) is 25.0 Å². The molecule has 0 spiro atoms. The Morgan fingerprint density at radius 1 is 1.50 bits per heavy atom. The second kappa shape index (κ2) is 5.44. The molecule has 1 unspecified atom stereocenters. The van der Waals surface area contributed by atoms with Gasteiger partial charge in [-0.2, -0.15) is 0 Å². The van der Waals surface area contributed by atoms with Gasteiger partial charge in [-0.15, -0.1) is 0 Å². The molecular formula is C14H22N2. The highest BCUT2D eigenvalue weighted by Gasteiger charge is 2.21. The van der Waals surface area contributed by atoms with Gasteiger partial charge in [-0.3, -0.25) is 4.98 Å². The molecule has 1 saturated heterocycles. The molecule has 0 aromatic carbocycles. The molecule has 0 bridgehead atoms. The van der Waals surface area contributed by atoms with Gasteiger partial charge in [0.15, 0.2) is 0 Å². The highest BCUT2D eigenvalue weighted by atomic mass is 15.2. The van der Waals surface area contributed by atoms with Gasteiger partial charge < -0.3 is 4.90 Å². The van der Waals surface area contributed by atoms with Gasteiger partial charge in [-0.25, -0.2) is 0 Å². The normalized spacial score (nSPS) is 22.6. The number of hydrogen-bond acceptors (Lipinski definition) is 2. The van der Waals surface area contributed by atoms with E-state index in [-0.39, 0.29) is 0 Å². The fourth-order valence-corrected chi connectivity index (χ4v) is 2.59. The second-order valence-electron chi connectivity index (χ2n) is 5.16. The smallest absolute Gasteiger partial charge is 0.0299 e. The third kappa shape index (κ3) is 3.05. The SMILES string of the molecule is CC(C)N1CCCC(Cc2cccnc2)C1. The Hall–Kier alpha value is -0.890. The maximum absolute atomic E-state index is 4.19. The molecule has 2 rings (SSSR count). The highest BCUT2D eigenvalue weighted by molar-refractivity contribution is 5.09. The molecule has 0 radical (unpaired) electrons. The molecule has 88 valence electrons. The van der Waals surface area contributed by atoms with Crippen molar-refractivity contribution < 1.29 is 0 Å². The predicted octanol–water partition coefficient (Wildman–Crippen LogP) is 2.74. The number of rotatable bonds is 3. The number of likely N-dealkylation sites (tertiary alicyclic amines) is 1. The summed E-state index contributed by atoms with van der Waals surface area (Å²) in [5.41, 5.74) is 1.39. The van der Waals surface area contributed by atoms with E-state index < -0.39 is 0 Å². The minimum absolute atomic E-state index is 0.691. The van der Waals surface area contributed by atoms with Crippen molar-refractivity contribution in [1.29, 1.82) is 0 Å². The van der Waals surface area contributed by atoms with E-state index in [1.54, 1.807) is 0 Å². The van der Waals surface area contributed by atoms with Crippen LogP contribution in [0.3, 0.4) is 0 Å². The number of nitrogens with zero attached hydrogens (tertiary/aromatic N) is 2. The Bertz CT molecular complexity index is 308. The molecule has 2 heterocycles. The first-order chi connectivity index (χ1) is 7.75. The lowest BCUT2D eigenvalue weighted by molar-refractivity contribution is 0.139. The minimum Gasteiger partial charge on any atom is -0.301 e. The Kier molecular flexibility index (Phi) is 3.94. The maximum Gasteiger partial charge on any atom is 0.0299 e. The molecule has 0 aliphatic carbocycles. The Labute approximate surface area is 98.7 Å². The van der Waals surface area contributed by atoms with Gasteiger partial charge in [0.05, 0.1) is 0 Å². The Balaban J connectivity index is 1.90. The van der Waals surface area contributed by atoms with Crippen LogP contribution in [0.4, 0.5) is 0 Å². The average Bonchev–Trinajstić information content (AvgIpc) is 2.30. The summed E-state index contributed by atoms with van der Waals surface area (Å²) in [7, 11) is 0. The third-order valence-corrected chi connectivity index (χ3v) is 3.53. The summed E-state index contributed by atoms with van der Waals surface area (Å²) < 4.78 is 0. The molecule has 1 aliphatic rings. The second-order valence-corrected chi connectivity index (χ2v) is 5.16. The van der Waals surface area contributed by atoms with Crippen molar-refractivity contribution in [3.63, 3.8) is 0 Å². The predicted molar refractivity (Wildman–Crippen MR) is 67.4 cm³/mol. The first-order valence-electron chi connectivity index (χ1n) is 6.38. The Morgan fingerprint density at radius 3 is 3.06 bits per heavy atom. The number of piperidine rings is 1. The van der Waals surface area contributed by atoms with Crippen LogP contribution in [0.5, 0.6) is 0 Å². The average molecular weight is 218 g/mol. The van der Waals surface area contributed by atoms with Gasteiger partial charge in [0.2, 0.25) is 0 Å². The van der Waals surface area contributed by atoms with Crippen molar-refractivity contribution in [2.24, 2.45) is 5.92 Å². The van der Waals surface area contributed by atoms with Crippen LogP contribution in [0.25, 0.3) is 0 Å². The van der Waals surface area contributed by atoms with Crippen LogP contribution in [0, 0.1) is 5.92 Å². The summed E-state index contributed by atoms with van der Waals surface area (Å²) in [6, 6.07) is 4.93. The zero-order valence-electron chi connectivity index (χ0n) is 10.4. The molecule has 1 aromatic rings. The first-order valence-corrected chi connectivity index (χ1v) is 6.38. The van der Waals surface area contributed by atoms with Crippen LogP contribution in [-0.4, -0.2) is 29.0 Å². The van der Waals surface area contributed by atoms with Gasteiger partial charge in [-0.1, -0.05) is 6.07 Å². The molecule has 1 fully saturated rings. The standard InChI is InChI=1S/C14H22N2/c1-12(2)16-8-4-6-14(11-16)9-13-5-3-7-15-10-13/h3,5,7,10,12,14H,4,6,8-9,11H2,1-2H3. The van der Waals surface area contributed by atoms with E-state index in [4.69, 9.17) is 0 Å².